The van der Waals surface area contributed by atoms with E-state index in [2.05, 4.69) is 63.8 Å². The molecule has 40 nitrogen and oxygen atoms in total. The van der Waals surface area contributed by atoms with Crippen molar-refractivity contribution < 1.29 is 121 Å². The van der Waals surface area contributed by atoms with E-state index in [1.807, 2.05) is 13.8 Å². The Morgan fingerprint density at radius 2 is 0.901 bits per heavy atom. The molecule has 0 aromatic carbocycles. The summed E-state index contributed by atoms with van der Waals surface area (Å²) in [5, 5.41) is 75.3. The van der Waals surface area contributed by atoms with Crippen LogP contribution in [0.4, 0.5) is 0 Å². The van der Waals surface area contributed by atoms with Crippen molar-refractivity contribution in [3.05, 3.63) is 0 Å². The van der Waals surface area contributed by atoms with E-state index in [4.69, 9.17) is 16.2 Å². The number of amides is 14. The first-order chi connectivity index (χ1) is 47.5. The minimum Gasteiger partial charge on any atom is -0.481 e. The van der Waals surface area contributed by atoms with Crippen LogP contribution < -0.4 is 75.3 Å². The van der Waals surface area contributed by atoms with Crippen LogP contribution in [0.15, 0.2) is 0 Å². The predicted octanol–water partition coefficient (Wildman–Crippen LogP) is -6.52. The fraction of sp³-hybridized carbons (Fsp3) is 0.683. The van der Waals surface area contributed by atoms with Crippen molar-refractivity contribution in [1.29, 1.82) is 0 Å². The number of nitrogens with one attached hydrogen (secondary N) is 12. The molecular formula is C60H97N15O25S. The zero-order chi connectivity index (χ0) is 76.5. The zero-order valence-corrected chi connectivity index (χ0v) is 57.8. The first kappa shape index (κ1) is 89.2. The quantitative estimate of drug-likeness (QED) is 0.0252. The Morgan fingerprint density at radius 3 is 1.32 bits per heavy atom. The smallest absolute Gasteiger partial charge is 0.303 e. The SMILES string of the molecule is CCC(=O)N1CCC[C@H]1C(=O)N[C@@H](CC(C)C)C(=O)NCC(=O)N[C@@H](CSC)C(=O)N[C@@H](C)C(=O)NCC(=O)NCCOCC(=O)N[C@H](CCC(=O)O)C(=O)N[C@H](CCC(=O)O)C(=O)N[C@H](CCC(=O)O)C(=O)N[C@H](CCC(=O)O)C(=O)N[C@H](CCC(=O)O)C(=O)N[C@H](CCCCN)C(N)=O. The van der Waals surface area contributed by atoms with Gasteiger partial charge in [0.05, 0.1) is 19.7 Å². The minimum atomic E-state index is -1.98. The van der Waals surface area contributed by atoms with Gasteiger partial charge in [-0.3, -0.25) is 91.1 Å². The summed E-state index contributed by atoms with van der Waals surface area (Å²) >= 11 is 1.17. The predicted molar refractivity (Wildman–Crippen MR) is 352 cm³/mol. The highest BCUT2D eigenvalue weighted by atomic mass is 32.2. The molecule has 0 radical (unpaired) electrons. The van der Waals surface area contributed by atoms with Crippen LogP contribution in [-0.2, 0) is 95.8 Å². The molecule has 41 heteroatoms. The number of carboxylic acids is 5. The second-order valence-corrected chi connectivity index (χ2v) is 24.6. The molecule has 0 aromatic heterocycles. The third kappa shape index (κ3) is 37.3. The van der Waals surface area contributed by atoms with Crippen molar-refractivity contribution in [2.24, 2.45) is 17.4 Å². The molecule has 1 rings (SSSR count). The lowest BCUT2D eigenvalue weighted by Crippen LogP contribution is -2.59. The van der Waals surface area contributed by atoms with E-state index < -0.39 is 251 Å². The number of aliphatic carboxylic acids is 5. The molecule has 1 saturated heterocycles. The summed E-state index contributed by atoms with van der Waals surface area (Å²) < 4.78 is 5.26. The lowest BCUT2D eigenvalue weighted by molar-refractivity contribution is -0.141. The summed E-state index contributed by atoms with van der Waals surface area (Å²) in [6.07, 6.45) is -3.82. The molecule has 0 saturated carbocycles. The van der Waals surface area contributed by atoms with E-state index in [0.29, 0.717) is 32.2 Å². The van der Waals surface area contributed by atoms with Gasteiger partial charge in [0.15, 0.2) is 0 Å². The van der Waals surface area contributed by atoms with Gasteiger partial charge in [0.2, 0.25) is 82.7 Å². The van der Waals surface area contributed by atoms with Crippen LogP contribution in [0.3, 0.4) is 0 Å². The second kappa shape index (κ2) is 48.1. The van der Waals surface area contributed by atoms with Gasteiger partial charge in [-0.25, -0.2) is 0 Å². The van der Waals surface area contributed by atoms with Crippen molar-refractivity contribution in [1.82, 2.24) is 68.7 Å². The highest BCUT2D eigenvalue weighted by Crippen LogP contribution is 2.20. The average molecular weight is 1460 g/mol. The highest BCUT2D eigenvalue weighted by Gasteiger charge is 2.38. The Bertz CT molecular complexity index is 2920. The molecule has 1 fully saturated rings. The normalized spacial score (nSPS) is 15.1. The van der Waals surface area contributed by atoms with Crippen LogP contribution >= 0.6 is 11.8 Å². The average Bonchev–Trinajstić information content (AvgIpc) is 1.79. The number of carboxylic acid groups (broad SMARTS) is 5. The maximum absolute atomic E-state index is 13.9. The molecule has 1 aliphatic heterocycles. The van der Waals surface area contributed by atoms with E-state index in [-0.39, 0.29) is 56.5 Å². The highest BCUT2D eigenvalue weighted by molar-refractivity contribution is 7.98. The number of hydrogen-bond acceptors (Lipinski definition) is 22. The Balaban J connectivity index is 3.04. The Morgan fingerprint density at radius 1 is 0.485 bits per heavy atom. The van der Waals surface area contributed by atoms with Crippen LogP contribution in [0.1, 0.15) is 137 Å². The standard InChI is InChI=1S/C60H97N15O25S/c1-6-45(79)75-24-9-11-41(75)60(99)74-39(26-31(2)3)53(92)65-28-43(77)68-40(30-101-5)59(98)66-32(4)52(91)64-27-42(76)63-23-25-100-29-44(78)67-34(12-17-46(80)81)54(93)70-36(14-19-48(84)85)56(95)72-38(16-21-50(88)89)58(97)73-37(15-20-49(86)87)57(96)71-35(13-18-47(82)83)55(94)69-33(51(62)90)10-7-8-22-61/h31-41H,6-30,61H2,1-5H3,(H2,62,90)(H,63,76)(H,64,91)(H,65,92)(H,66,98)(H,67,78)(H,68,77)(H,69,94)(H,70,93)(H,71,96)(H,72,95)(H,73,97)(H,74,99)(H,80,81)(H,82,83)(H,84,85)(H,86,87)(H,88,89)/t32-,33+,34+,35+,36+,37+,38+,39-,40-,41-/m0/s1. The van der Waals surface area contributed by atoms with Gasteiger partial charge in [-0.2, -0.15) is 11.8 Å². The molecule has 101 heavy (non-hydrogen) atoms. The van der Waals surface area contributed by atoms with Crippen molar-refractivity contribution in [2.45, 2.75) is 197 Å². The maximum Gasteiger partial charge on any atom is 0.303 e. The van der Waals surface area contributed by atoms with Crippen molar-refractivity contribution >= 4 is 124 Å². The van der Waals surface area contributed by atoms with Gasteiger partial charge in [0.1, 0.15) is 67.0 Å². The number of nitrogens with two attached hydrogens (primary N) is 2. The number of carbonyl (C=O) groups is 19. The molecule has 0 spiro atoms. The number of ether oxygens (including phenoxy) is 1. The van der Waals surface area contributed by atoms with Crippen LogP contribution in [0.25, 0.3) is 0 Å². The number of likely N-dealkylation sites (tertiary alicyclic amines) is 1. The number of unbranched alkanes of at least 4 members (excludes halogenated alkanes) is 1. The van der Waals surface area contributed by atoms with Crippen LogP contribution in [0.2, 0.25) is 0 Å². The molecule has 10 atom stereocenters. The molecule has 568 valence electrons. The molecule has 1 heterocycles. The van der Waals surface area contributed by atoms with E-state index in [9.17, 15) is 117 Å². The second-order valence-electron chi connectivity index (χ2n) is 23.7. The minimum absolute atomic E-state index is 0.00539. The molecule has 0 bridgehead atoms. The zero-order valence-electron chi connectivity index (χ0n) is 56.9. The van der Waals surface area contributed by atoms with E-state index in [1.54, 1.807) is 13.2 Å². The molecule has 21 N–H and O–H groups in total. The van der Waals surface area contributed by atoms with Crippen molar-refractivity contribution in [2.75, 3.05) is 57.9 Å². The van der Waals surface area contributed by atoms with Gasteiger partial charge in [-0.05, 0) is 96.3 Å². The van der Waals surface area contributed by atoms with Gasteiger partial charge in [-0.1, -0.05) is 20.8 Å². The van der Waals surface area contributed by atoms with Gasteiger partial charge in [0, 0.05) is 57.4 Å². The number of thioether (sulfide) groups is 1. The van der Waals surface area contributed by atoms with Crippen LogP contribution in [0, 0.1) is 5.92 Å². The first-order valence-electron chi connectivity index (χ1n) is 32.5. The van der Waals surface area contributed by atoms with Gasteiger partial charge < -0.3 is 110 Å². The molecular weight excluding hydrogens is 1360 g/mol. The summed E-state index contributed by atoms with van der Waals surface area (Å²) in [5.41, 5.74) is 10.9. The number of rotatable bonds is 52. The Kier molecular flexibility index (Phi) is 42.5. The van der Waals surface area contributed by atoms with E-state index in [0.717, 1.165) is 0 Å². The Labute approximate surface area is 585 Å². The number of nitrogens with zero attached hydrogens (tertiary/aromatic N) is 1. The molecule has 0 aromatic rings. The fourth-order valence-electron chi connectivity index (χ4n) is 9.65. The molecule has 0 aliphatic carbocycles. The molecule has 0 unspecified atom stereocenters. The van der Waals surface area contributed by atoms with Crippen molar-refractivity contribution in [3.8, 4) is 0 Å². The van der Waals surface area contributed by atoms with E-state index >= 15 is 0 Å². The topological polar surface area (TPSA) is 634 Å². The number of carbonyl (C=O) groups excluding carboxylic acids is 14. The van der Waals surface area contributed by atoms with Crippen LogP contribution in [-0.4, -0.2) is 261 Å². The Hall–Kier alpha value is -9.80. The number of primary amides is 1. The summed E-state index contributed by atoms with van der Waals surface area (Å²) in [6, 6.07) is -14.9. The van der Waals surface area contributed by atoms with Gasteiger partial charge in [-0.15, -0.1) is 0 Å². The van der Waals surface area contributed by atoms with Gasteiger partial charge >= 0.3 is 29.8 Å². The first-order valence-corrected chi connectivity index (χ1v) is 33.9. The third-order valence-corrected chi connectivity index (χ3v) is 15.6. The molecule has 1 aliphatic rings. The fourth-order valence-corrected chi connectivity index (χ4v) is 10.2. The van der Waals surface area contributed by atoms with E-state index in [1.165, 1.54) is 23.6 Å². The number of hydrogen-bond donors (Lipinski definition) is 19. The van der Waals surface area contributed by atoms with Crippen molar-refractivity contribution in [3.63, 3.8) is 0 Å². The summed E-state index contributed by atoms with van der Waals surface area (Å²) in [5.74, 6) is -20.5. The lowest BCUT2D eigenvalue weighted by atomic mass is 10.0. The largest absolute Gasteiger partial charge is 0.481 e. The summed E-state index contributed by atoms with van der Waals surface area (Å²) in [6.45, 7) is 4.55. The van der Waals surface area contributed by atoms with Crippen LogP contribution in [0.5, 0.6) is 0 Å². The summed E-state index contributed by atoms with van der Waals surface area (Å²) in [7, 11) is 0. The third-order valence-electron chi connectivity index (χ3n) is 14.9. The maximum atomic E-state index is 13.9. The molecule has 14 amide bonds. The summed E-state index contributed by atoms with van der Waals surface area (Å²) in [4.78, 5) is 244. The lowest BCUT2D eigenvalue weighted by Gasteiger charge is -2.27. The van der Waals surface area contributed by atoms with Gasteiger partial charge in [0.25, 0.3) is 0 Å². The monoisotopic (exact) mass is 1460 g/mol.